The Morgan fingerprint density at radius 1 is 1.31 bits per heavy atom. The van der Waals surface area contributed by atoms with Crippen LogP contribution in [0.4, 0.5) is 0 Å². The van der Waals surface area contributed by atoms with Gasteiger partial charge in [-0.15, -0.1) is 11.3 Å². The van der Waals surface area contributed by atoms with Crippen molar-refractivity contribution >= 4 is 17.2 Å². The Hall–Kier alpha value is -0.830. The minimum Gasteiger partial charge on any atom is -0.367 e. The highest BCUT2D eigenvalue weighted by molar-refractivity contribution is 7.12. The Morgan fingerprint density at radius 2 is 2.19 bits per heavy atom. The van der Waals surface area contributed by atoms with Crippen LogP contribution in [-0.2, 0) is 0 Å². The first-order valence-corrected chi connectivity index (χ1v) is 6.93. The van der Waals surface area contributed by atoms with E-state index >= 15 is 0 Å². The predicted molar refractivity (Wildman–Crippen MR) is 71.4 cm³/mol. The molecule has 3 heteroatoms. The molecule has 0 saturated carbocycles. The maximum absolute atomic E-state index is 4.61. The fourth-order valence-corrected chi connectivity index (χ4v) is 2.88. The number of nitrogens with one attached hydrogen (secondary N) is 1. The smallest absolute Gasteiger partial charge is 0.0967 e. The average molecular weight is 236 g/mol. The van der Waals surface area contributed by atoms with E-state index < -0.39 is 0 Å². The maximum atomic E-state index is 4.61. The van der Waals surface area contributed by atoms with Gasteiger partial charge in [0.15, 0.2) is 0 Å². The summed E-state index contributed by atoms with van der Waals surface area (Å²) in [6, 6.07) is 4.80. The lowest BCUT2D eigenvalue weighted by atomic mass is 10.2. The molecular formula is C13H20N2S. The van der Waals surface area contributed by atoms with Crippen molar-refractivity contribution in [3.8, 4) is 0 Å². The molecular weight excluding hydrogens is 216 g/mol. The minimum absolute atomic E-state index is 0.399. The van der Waals surface area contributed by atoms with Crippen LogP contribution >= 0.6 is 11.3 Å². The van der Waals surface area contributed by atoms with Crippen LogP contribution in [0, 0.1) is 6.92 Å². The van der Waals surface area contributed by atoms with Crippen LogP contribution in [0.5, 0.6) is 0 Å². The first kappa shape index (κ1) is 11.6. The van der Waals surface area contributed by atoms with Crippen molar-refractivity contribution in [2.24, 2.45) is 4.99 Å². The van der Waals surface area contributed by atoms with Crippen molar-refractivity contribution < 1.29 is 0 Å². The third kappa shape index (κ3) is 3.08. The van der Waals surface area contributed by atoms with E-state index in [1.807, 2.05) is 11.3 Å². The molecule has 0 saturated heterocycles. The molecule has 1 aromatic heterocycles. The number of thiophene rings is 1. The lowest BCUT2D eigenvalue weighted by molar-refractivity contribution is 0.703. The van der Waals surface area contributed by atoms with Crippen LogP contribution in [0.3, 0.4) is 0 Å². The molecule has 2 heterocycles. The summed E-state index contributed by atoms with van der Waals surface area (Å²) in [6.07, 6.45) is 4.97. The molecule has 1 atom stereocenters. The van der Waals surface area contributed by atoms with E-state index in [4.69, 9.17) is 0 Å². The Bertz CT molecular complexity index is 368. The van der Waals surface area contributed by atoms with E-state index in [1.165, 1.54) is 34.9 Å². The largest absolute Gasteiger partial charge is 0.367 e. The van der Waals surface area contributed by atoms with Crippen molar-refractivity contribution in [3.05, 3.63) is 21.9 Å². The van der Waals surface area contributed by atoms with Gasteiger partial charge in [-0.1, -0.05) is 6.42 Å². The first-order valence-electron chi connectivity index (χ1n) is 6.12. The highest BCUT2D eigenvalue weighted by Crippen LogP contribution is 2.22. The molecule has 0 aromatic carbocycles. The zero-order valence-electron chi connectivity index (χ0n) is 10.1. The lowest BCUT2D eigenvalue weighted by Gasteiger charge is -2.14. The van der Waals surface area contributed by atoms with Crippen LogP contribution < -0.4 is 5.32 Å². The summed E-state index contributed by atoms with van der Waals surface area (Å²) in [5.41, 5.74) is 0. The minimum atomic E-state index is 0.399. The van der Waals surface area contributed by atoms with E-state index in [2.05, 4.69) is 36.3 Å². The molecule has 88 valence electrons. The molecule has 0 spiro atoms. The fourth-order valence-electron chi connectivity index (χ4n) is 2.00. The summed E-state index contributed by atoms with van der Waals surface area (Å²) in [4.78, 5) is 7.39. The molecule has 1 aliphatic heterocycles. The molecule has 0 aliphatic carbocycles. The van der Waals surface area contributed by atoms with Crippen molar-refractivity contribution in [1.29, 1.82) is 0 Å². The number of amidine groups is 1. The molecule has 0 radical (unpaired) electrons. The van der Waals surface area contributed by atoms with Crippen LogP contribution in [0.25, 0.3) is 0 Å². The third-order valence-corrected chi connectivity index (χ3v) is 4.13. The van der Waals surface area contributed by atoms with Crippen LogP contribution in [0.2, 0.25) is 0 Å². The number of aryl methyl sites for hydroxylation is 1. The molecule has 0 bridgehead atoms. The molecule has 0 amide bonds. The van der Waals surface area contributed by atoms with Gasteiger partial charge in [-0.3, -0.25) is 4.99 Å². The number of hydrogen-bond donors (Lipinski definition) is 1. The second kappa shape index (κ2) is 5.48. The van der Waals surface area contributed by atoms with Crippen LogP contribution in [-0.4, -0.2) is 12.4 Å². The van der Waals surface area contributed by atoms with Crippen molar-refractivity contribution in [2.45, 2.75) is 45.6 Å². The molecule has 1 N–H and O–H groups in total. The maximum Gasteiger partial charge on any atom is 0.0967 e. The second-order valence-corrected chi connectivity index (χ2v) is 5.77. The molecule has 0 fully saturated rings. The third-order valence-electron chi connectivity index (χ3n) is 2.95. The Balaban J connectivity index is 1.95. The van der Waals surface area contributed by atoms with Gasteiger partial charge in [0.25, 0.3) is 0 Å². The predicted octanol–water partition coefficient (Wildman–Crippen LogP) is 3.68. The Labute approximate surface area is 102 Å². The van der Waals surface area contributed by atoms with E-state index in [1.54, 1.807) is 0 Å². The zero-order chi connectivity index (χ0) is 11.4. The Kier molecular flexibility index (Phi) is 3.99. The Morgan fingerprint density at radius 3 is 2.94 bits per heavy atom. The monoisotopic (exact) mass is 236 g/mol. The molecule has 2 rings (SSSR count). The fraction of sp³-hybridized carbons (Fsp3) is 0.615. The number of nitrogens with zero attached hydrogens (tertiary/aromatic N) is 1. The number of rotatable bonds is 2. The molecule has 1 aliphatic rings. The summed E-state index contributed by atoms with van der Waals surface area (Å²) in [7, 11) is 0. The summed E-state index contributed by atoms with van der Waals surface area (Å²) >= 11 is 1.87. The highest BCUT2D eigenvalue weighted by atomic mass is 32.1. The van der Waals surface area contributed by atoms with Crippen LogP contribution in [0.15, 0.2) is 17.1 Å². The average Bonchev–Trinajstić information content (AvgIpc) is 2.54. The zero-order valence-corrected chi connectivity index (χ0v) is 10.9. The summed E-state index contributed by atoms with van der Waals surface area (Å²) in [5.74, 6) is 1.20. The topological polar surface area (TPSA) is 24.4 Å². The van der Waals surface area contributed by atoms with Gasteiger partial charge in [0, 0.05) is 22.7 Å². The summed E-state index contributed by atoms with van der Waals surface area (Å²) in [5, 5.41) is 3.55. The van der Waals surface area contributed by atoms with E-state index in [0.29, 0.717) is 6.04 Å². The quantitative estimate of drug-likeness (QED) is 0.832. The summed E-state index contributed by atoms with van der Waals surface area (Å²) in [6.45, 7) is 5.38. The standard InChI is InChI=1S/C13H20N2S/c1-10-7-8-12(16-10)11(2)15-13-6-4-3-5-9-14-13/h7-8,11H,3-6,9H2,1-2H3,(H,14,15). The van der Waals surface area contributed by atoms with Crippen molar-refractivity contribution in [2.75, 3.05) is 6.54 Å². The molecule has 1 unspecified atom stereocenters. The SMILES string of the molecule is Cc1ccc(C(C)NC2=NCCCCC2)s1. The van der Waals surface area contributed by atoms with Gasteiger partial charge < -0.3 is 5.32 Å². The van der Waals surface area contributed by atoms with Gasteiger partial charge in [0.05, 0.1) is 11.9 Å². The molecule has 2 nitrogen and oxygen atoms in total. The number of hydrogen-bond acceptors (Lipinski definition) is 3. The van der Waals surface area contributed by atoms with Crippen molar-refractivity contribution in [3.63, 3.8) is 0 Å². The molecule has 16 heavy (non-hydrogen) atoms. The van der Waals surface area contributed by atoms with Gasteiger partial charge in [0.1, 0.15) is 0 Å². The van der Waals surface area contributed by atoms with E-state index in [0.717, 1.165) is 13.0 Å². The van der Waals surface area contributed by atoms with Gasteiger partial charge in [-0.25, -0.2) is 0 Å². The first-order chi connectivity index (χ1) is 7.75. The van der Waals surface area contributed by atoms with E-state index in [9.17, 15) is 0 Å². The normalized spacial score (nSPS) is 18.8. The van der Waals surface area contributed by atoms with Gasteiger partial charge in [-0.05, 0) is 38.8 Å². The van der Waals surface area contributed by atoms with Gasteiger partial charge in [0.2, 0.25) is 0 Å². The van der Waals surface area contributed by atoms with Gasteiger partial charge >= 0.3 is 0 Å². The lowest BCUT2D eigenvalue weighted by Crippen LogP contribution is -2.26. The highest BCUT2D eigenvalue weighted by Gasteiger charge is 2.10. The second-order valence-electron chi connectivity index (χ2n) is 4.45. The molecule has 1 aromatic rings. The van der Waals surface area contributed by atoms with Crippen molar-refractivity contribution in [1.82, 2.24) is 5.32 Å². The van der Waals surface area contributed by atoms with Crippen LogP contribution in [0.1, 0.15) is 48.4 Å². The van der Waals surface area contributed by atoms with E-state index in [-0.39, 0.29) is 0 Å². The number of aliphatic imine (C=N–C) groups is 1. The van der Waals surface area contributed by atoms with Gasteiger partial charge in [-0.2, -0.15) is 0 Å². The summed E-state index contributed by atoms with van der Waals surface area (Å²) < 4.78 is 0.